The van der Waals surface area contributed by atoms with Crippen LogP contribution in [0.3, 0.4) is 0 Å². The number of likely N-dealkylation sites (tertiary alicyclic amines) is 1. The molecular weight excluding hydrogens is 404 g/mol. The van der Waals surface area contributed by atoms with Crippen LogP contribution in [0.1, 0.15) is 30.0 Å². The van der Waals surface area contributed by atoms with Crippen LogP contribution in [0.2, 0.25) is 5.02 Å². The molecule has 1 fully saturated rings. The van der Waals surface area contributed by atoms with Crippen molar-refractivity contribution in [2.45, 2.75) is 18.9 Å². The number of halogens is 1. The number of nitrogens with zero attached hydrogens (tertiary/aromatic N) is 2. The molecule has 0 amide bonds. The Labute approximate surface area is 181 Å². The number of ether oxygens (including phenoxy) is 3. The summed E-state index contributed by atoms with van der Waals surface area (Å²) in [5, 5.41) is 12.5. The second kappa shape index (κ2) is 8.58. The Kier molecular flexibility index (Phi) is 5.88. The molecule has 2 heterocycles. The van der Waals surface area contributed by atoms with E-state index >= 15 is 0 Å². The Hall–Kier alpha value is -2.70. The fraction of sp³-hybridized carbons (Fsp3) is 0.348. The van der Waals surface area contributed by atoms with Gasteiger partial charge in [-0.3, -0.25) is 9.88 Å². The third-order valence-electron chi connectivity index (χ3n) is 5.65. The number of hydrogen-bond donors (Lipinski definition) is 1. The van der Waals surface area contributed by atoms with Crippen LogP contribution in [0.15, 0.2) is 36.5 Å². The van der Waals surface area contributed by atoms with Crippen molar-refractivity contribution in [1.82, 2.24) is 9.88 Å². The van der Waals surface area contributed by atoms with Crippen molar-refractivity contribution in [1.29, 1.82) is 0 Å². The molecule has 1 saturated heterocycles. The summed E-state index contributed by atoms with van der Waals surface area (Å²) in [6.07, 6.45) is 3.86. The Morgan fingerprint density at radius 1 is 1.03 bits per heavy atom. The van der Waals surface area contributed by atoms with Gasteiger partial charge in [0.1, 0.15) is 11.3 Å². The molecule has 0 radical (unpaired) electrons. The highest BCUT2D eigenvalue weighted by molar-refractivity contribution is 6.35. The number of phenols is 1. The number of aromatic hydroxyl groups is 1. The minimum absolute atomic E-state index is 0.139. The van der Waals surface area contributed by atoms with Crippen LogP contribution < -0.4 is 14.2 Å². The van der Waals surface area contributed by atoms with Gasteiger partial charge in [0.25, 0.3) is 0 Å². The van der Waals surface area contributed by atoms with Gasteiger partial charge in [0.2, 0.25) is 5.75 Å². The summed E-state index contributed by atoms with van der Waals surface area (Å²) in [5.41, 5.74) is 2.13. The van der Waals surface area contributed by atoms with E-state index in [1.165, 1.54) is 0 Å². The molecule has 1 N–H and O–H groups in total. The standard InChI is InChI=1S/C23H25ClN2O4/c1-28-18-11-14(12-19(29-2)23(18)30-3)21(26-9-4-5-10-26)16-13-17(24)15-7-6-8-25-20(15)22(16)27/h6-8,11-13,21,27H,4-5,9-10H2,1-3H3. The lowest BCUT2D eigenvalue weighted by Crippen LogP contribution is -2.27. The maximum atomic E-state index is 11.2. The van der Waals surface area contributed by atoms with E-state index in [1.807, 2.05) is 30.3 Å². The molecule has 30 heavy (non-hydrogen) atoms. The quantitative estimate of drug-likeness (QED) is 0.608. The van der Waals surface area contributed by atoms with Crippen molar-refractivity contribution < 1.29 is 19.3 Å². The van der Waals surface area contributed by atoms with Crippen molar-refractivity contribution in [3.05, 3.63) is 52.7 Å². The van der Waals surface area contributed by atoms with Gasteiger partial charge in [0, 0.05) is 17.1 Å². The fourth-order valence-corrected chi connectivity index (χ4v) is 4.53. The molecule has 1 aromatic heterocycles. The highest BCUT2D eigenvalue weighted by Gasteiger charge is 2.30. The van der Waals surface area contributed by atoms with Gasteiger partial charge in [-0.15, -0.1) is 0 Å². The first-order valence-corrected chi connectivity index (χ1v) is 10.3. The van der Waals surface area contributed by atoms with E-state index in [2.05, 4.69) is 9.88 Å². The van der Waals surface area contributed by atoms with Crippen LogP contribution in [-0.4, -0.2) is 49.4 Å². The summed E-state index contributed by atoms with van der Waals surface area (Å²) in [7, 11) is 4.78. The van der Waals surface area contributed by atoms with E-state index in [0.29, 0.717) is 33.4 Å². The second-order valence-electron chi connectivity index (χ2n) is 7.30. The maximum Gasteiger partial charge on any atom is 0.203 e. The highest BCUT2D eigenvalue weighted by Crippen LogP contribution is 2.46. The molecular formula is C23H25ClN2O4. The van der Waals surface area contributed by atoms with Gasteiger partial charge in [-0.05, 0) is 61.8 Å². The number of rotatable bonds is 6. The molecule has 0 aliphatic carbocycles. The van der Waals surface area contributed by atoms with E-state index in [-0.39, 0.29) is 11.8 Å². The van der Waals surface area contributed by atoms with E-state index in [1.54, 1.807) is 27.5 Å². The monoisotopic (exact) mass is 428 g/mol. The Bertz CT molecular complexity index is 1040. The molecule has 2 aromatic carbocycles. The summed E-state index contributed by atoms with van der Waals surface area (Å²) in [6, 6.07) is 9.14. The largest absolute Gasteiger partial charge is 0.505 e. The SMILES string of the molecule is COc1cc(C(c2cc(Cl)c3cccnc3c2O)N2CCCC2)cc(OC)c1OC. The number of pyridine rings is 1. The lowest BCUT2D eigenvalue weighted by molar-refractivity contribution is 0.272. The van der Waals surface area contributed by atoms with Gasteiger partial charge in [-0.1, -0.05) is 11.6 Å². The highest BCUT2D eigenvalue weighted by atomic mass is 35.5. The van der Waals surface area contributed by atoms with Crippen LogP contribution in [-0.2, 0) is 0 Å². The van der Waals surface area contributed by atoms with Crippen molar-refractivity contribution in [2.24, 2.45) is 0 Å². The molecule has 6 nitrogen and oxygen atoms in total. The lowest BCUT2D eigenvalue weighted by atomic mass is 9.94. The average molecular weight is 429 g/mol. The maximum absolute atomic E-state index is 11.2. The average Bonchev–Trinajstić information content (AvgIpc) is 3.30. The van der Waals surface area contributed by atoms with Crippen LogP contribution >= 0.6 is 11.6 Å². The van der Waals surface area contributed by atoms with Crippen LogP contribution in [0.25, 0.3) is 10.9 Å². The van der Waals surface area contributed by atoms with Gasteiger partial charge in [0.05, 0.1) is 32.4 Å². The predicted molar refractivity (Wildman–Crippen MR) is 117 cm³/mol. The smallest absolute Gasteiger partial charge is 0.203 e. The minimum Gasteiger partial charge on any atom is -0.505 e. The number of methoxy groups -OCH3 is 3. The fourth-order valence-electron chi connectivity index (χ4n) is 4.26. The molecule has 158 valence electrons. The molecule has 1 aliphatic heterocycles. The third-order valence-corrected chi connectivity index (χ3v) is 5.96. The summed E-state index contributed by atoms with van der Waals surface area (Å²) in [4.78, 5) is 6.71. The number of benzene rings is 2. The molecule has 1 aliphatic rings. The van der Waals surface area contributed by atoms with Gasteiger partial charge in [0.15, 0.2) is 11.5 Å². The van der Waals surface area contributed by atoms with Crippen molar-refractivity contribution in [2.75, 3.05) is 34.4 Å². The predicted octanol–water partition coefficient (Wildman–Crippen LogP) is 4.80. The molecule has 0 spiro atoms. The van der Waals surface area contributed by atoms with Gasteiger partial charge >= 0.3 is 0 Å². The molecule has 0 bridgehead atoms. The molecule has 1 atom stereocenters. The van der Waals surface area contributed by atoms with Crippen LogP contribution in [0.5, 0.6) is 23.0 Å². The molecule has 3 aromatic rings. The number of phenolic OH excluding ortho intramolecular Hbond substituents is 1. The summed E-state index contributed by atoms with van der Waals surface area (Å²) in [5.74, 6) is 1.81. The Morgan fingerprint density at radius 2 is 1.70 bits per heavy atom. The van der Waals surface area contributed by atoms with Crippen molar-refractivity contribution in [3.63, 3.8) is 0 Å². The van der Waals surface area contributed by atoms with Gasteiger partial charge in [-0.25, -0.2) is 0 Å². The van der Waals surface area contributed by atoms with E-state index in [9.17, 15) is 5.11 Å². The minimum atomic E-state index is -0.231. The van der Waals surface area contributed by atoms with Crippen LogP contribution in [0, 0.1) is 0 Å². The number of fused-ring (bicyclic) bond motifs is 1. The Balaban J connectivity index is 1.95. The molecule has 0 saturated carbocycles. The normalized spacial score (nSPS) is 15.3. The zero-order chi connectivity index (χ0) is 21.3. The summed E-state index contributed by atoms with van der Waals surface area (Å²) < 4.78 is 16.6. The first kappa shape index (κ1) is 20.6. The zero-order valence-electron chi connectivity index (χ0n) is 17.3. The summed E-state index contributed by atoms with van der Waals surface area (Å²) >= 11 is 6.60. The lowest BCUT2D eigenvalue weighted by Gasteiger charge is -2.30. The zero-order valence-corrected chi connectivity index (χ0v) is 18.1. The second-order valence-corrected chi connectivity index (χ2v) is 7.71. The first-order chi connectivity index (χ1) is 14.6. The number of aromatic nitrogens is 1. The third kappa shape index (κ3) is 3.50. The van der Waals surface area contributed by atoms with E-state index < -0.39 is 0 Å². The Morgan fingerprint density at radius 3 is 2.30 bits per heavy atom. The summed E-state index contributed by atoms with van der Waals surface area (Å²) in [6.45, 7) is 1.83. The van der Waals surface area contributed by atoms with Crippen molar-refractivity contribution in [3.8, 4) is 23.0 Å². The molecule has 1 unspecified atom stereocenters. The van der Waals surface area contributed by atoms with E-state index in [4.69, 9.17) is 25.8 Å². The molecule has 4 rings (SSSR count). The first-order valence-electron chi connectivity index (χ1n) is 9.89. The molecule has 7 heteroatoms. The van der Waals surface area contributed by atoms with E-state index in [0.717, 1.165) is 36.9 Å². The van der Waals surface area contributed by atoms with Crippen molar-refractivity contribution >= 4 is 22.5 Å². The van der Waals surface area contributed by atoms with Gasteiger partial charge < -0.3 is 19.3 Å². The topological polar surface area (TPSA) is 64.1 Å². The van der Waals surface area contributed by atoms with Crippen LogP contribution in [0.4, 0.5) is 0 Å². The van der Waals surface area contributed by atoms with Gasteiger partial charge in [-0.2, -0.15) is 0 Å². The number of hydrogen-bond acceptors (Lipinski definition) is 6.